The molecule has 1 saturated heterocycles. The van der Waals surface area contributed by atoms with E-state index in [2.05, 4.69) is 50.5 Å². The lowest BCUT2D eigenvalue weighted by molar-refractivity contribution is 0.387. The van der Waals surface area contributed by atoms with Gasteiger partial charge in [0.1, 0.15) is 0 Å². The molecular formula is C21H27N7. The fourth-order valence-corrected chi connectivity index (χ4v) is 4.18. The lowest BCUT2D eigenvalue weighted by Crippen LogP contribution is -2.51. The average Bonchev–Trinajstić information content (AvgIpc) is 3.46. The maximum Gasteiger partial charge on any atom is 0.183 e. The van der Waals surface area contributed by atoms with E-state index in [9.17, 15) is 0 Å². The molecule has 2 N–H and O–H groups in total. The van der Waals surface area contributed by atoms with Gasteiger partial charge in [0.25, 0.3) is 0 Å². The van der Waals surface area contributed by atoms with Gasteiger partial charge in [0.2, 0.25) is 0 Å². The van der Waals surface area contributed by atoms with Crippen LogP contribution in [0.15, 0.2) is 24.4 Å². The summed E-state index contributed by atoms with van der Waals surface area (Å²) >= 11 is 0. The van der Waals surface area contributed by atoms with Gasteiger partial charge in [0.15, 0.2) is 11.6 Å². The van der Waals surface area contributed by atoms with Crippen LogP contribution in [0.3, 0.4) is 0 Å². The Labute approximate surface area is 165 Å². The van der Waals surface area contributed by atoms with E-state index >= 15 is 0 Å². The first kappa shape index (κ1) is 17.6. The molecule has 1 aromatic carbocycles. The molecule has 1 atom stereocenters. The zero-order valence-electron chi connectivity index (χ0n) is 16.5. The highest BCUT2D eigenvalue weighted by atomic mass is 15.3. The molecule has 1 aliphatic heterocycles. The van der Waals surface area contributed by atoms with Gasteiger partial charge in [-0.3, -0.25) is 5.10 Å². The zero-order valence-corrected chi connectivity index (χ0v) is 16.5. The summed E-state index contributed by atoms with van der Waals surface area (Å²) in [7, 11) is 0. The molecule has 0 radical (unpaired) electrons. The van der Waals surface area contributed by atoms with Gasteiger partial charge >= 0.3 is 0 Å². The zero-order chi connectivity index (χ0) is 19.1. The Balaban J connectivity index is 1.42. The smallest absolute Gasteiger partial charge is 0.183 e. The number of hydrogen-bond acceptors (Lipinski definition) is 6. The van der Waals surface area contributed by atoms with Gasteiger partial charge in [0.05, 0.1) is 11.7 Å². The minimum absolute atomic E-state index is 0.496. The monoisotopic (exact) mass is 377 g/mol. The van der Waals surface area contributed by atoms with Crippen LogP contribution >= 0.6 is 0 Å². The van der Waals surface area contributed by atoms with Crippen LogP contribution < -0.4 is 10.2 Å². The number of rotatable bonds is 5. The second-order valence-electron chi connectivity index (χ2n) is 8.51. The van der Waals surface area contributed by atoms with Crippen molar-refractivity contribution >= 4 is 16.7 Å². The van der Waals surface area contributed by atoms with E-state index in [0.717, 1.165) is 36.5 Å². The van der Waals surface area contributed by atoms with Crippen LogP contribution in [0, 0.1) is 5.92 Å². The minimum Gasteiger partial charge on any atom is -0.352 e. The molecule has 1 saturated carbocycles. The number of nitrogens with one attached hydrogen (secondary N) is 2. The molecule has 0 spiro atoms. The number of piperazine rings is 1. The SMILES string of the molecule is CC(C)CC1CN(c2cnnc(-c3ccc4n[nH]c(C5CC5)c4c3)n2)CCN1. The Morgan fingerprint density at radius 2 is 2.14 bits per heavy atom. The summed E-state index contributed by atoms with van der Waals surface area (Å²) in [6.45, 7) is 7.42. The fraction of sp³-hybridized carbons (Fsp3) is 0.524. The predicted molar refractivity (Wildman–Crippen MR) is 110 cm³/mol. The van der Waals surface area contributed by atoms with E-state index < -0.39 is 0 Å². The van der Waals surface area contributed by atoms with Crippen LogP contribution in [0.4, 0.5) is 5.82 Å². The van der Waals surface area contributed by atoms with E-state index in [1.54, 1.807) is 6.20 Å². The fourth-order valence-electron chi connectivity index (χ4n) is 4.18. The molecule has 28 heavy (non-hydrogen) atoms. The highest BCUT2D eigenvalue weighted by Gasteiger charge is 2.27. The summed E-state index contributed by atoms with van der Waals surface area (Å²) in [5.41, 5.74) is 3.26. The molecule has 3 aromatic rings. The van der Waals surface area contributed by atoms with Crippen LogP contribution in [0.2, 0.25) is 0 Å². The lowest BCUT2D eigenvalue weighted by atomic mass is 10.0. The first-order valence-corrected chi connectivity index (χ1v) is 10.3. The Bertz CT molecular complexity index is 976. The third kappa shape index (κ3) is 3.46. The van der Waals surface area contributed by atoms with Crippen molar-refractivity contribution in [3.8, 4) is 11.4 Å². The van der Waals surface area contributed by atoms with Crippen molar-refractivity contribution in [1.82, 2.24) is 30.7 Å². The molecule has 0 amide bonds. The molecule has 1 unspecified atom stereocenters. The van der Waals surface area contributed by atoms with Crippen molar-refractivity contribution in [1.29, 1.82) is 0 Å². The minimum atomic E-state index is 0.496. The molecule has 7 heteroatoms. The summed E-state index contributed by atoms with van der Waals surface area (Å²) in [5.74, 6) is 2.90. The van der Waals surface area contributed by atoms with Crippen LogP contribution in [0.25, 0.3) is 22.3 Å². The van der Waals surface area contributed by atoms with Crippen molar-refractivity contribution in [3.05, 3.63) is 30.1 Å². The Hall–Kier alpha value is -2.54. The first-order chi connectivity index (χ1) is 13.7. The second kappa shape index (κ2) is 7.13. The van der Waals surface area contributed by atoms with E-state index in [1.165, 1.54) is 30.3 Å². The van der Waals surface area contributed by atoms with E-state index in [0.29, 0.717) is 23.7 Å². The Morgan fingerprint density at radius 1 is 1.25 bits per heavy atom. The topological polar surface area (TPSA) is 82.6 Å². The molecule has 146 valence electrons. The highest BCUT2D eigenvalue weighted by Crippen LogP contribution is 2.42. The largest absolute Gasteiger partial charge is 0.352 e. The van der Waals surface area contributed by atoms with Gasteiger partial charge in [-0.15, -0.1) is 5.10 Å². The first-order valence-electron chi connectivity index (χ1n) is 10.3. The van der Waals surface area contributed by atoms with Gasteiger partial charge in [-0.05, 0) is 43.4 Å². The van der Waals surface area contributed by atoms with Gasteiger partial charge in [-0.1, -0.05) is 13.8 Å². The Kier molecular flexibility index (Phi) is 4.47. The Morgan fingerprint density at radius 3 is 2.96 bits per heavy atom. The van der Waals surface area contributed by atoms with Crippen molar-refractivity contribution in [3.63, 3.8) is 0 Å². The van der Waals surface area contributed by atoms with Crippen molar-refractivity contribution in [2.45, 2.75) is 45.1 Å². The van der Waals surface area contributed by atoms with Gasteiger partial charge in [-0.25, -0.2) is 4.98 Å². The van der Waals surface area contributed by atoms with Crippen molar-refractivity contribution in [2.75, 3.05) is 24.5 Å². The number of fused-ring (bicyclic) bond motifs is 1. The number of benzene rings is 1. The van der Waals surface area contributed by atoms with Crippen LogP contribution in [0.5, 0.6) is 0 Å². The molecule has 2 aliphatic rings. The molecule has 1 aliphatic carbocycles. The third-order valence-electron chi connectivity index (χ3n) is 5.71. The van der Waals surface area contributed by atoms with Crippen LogP contribution in [-0.2, 0) is 0 Å². The average molecular weight is 377 g/mol. The molecule has 2 fully saturated rings. The molecular weight excluding hydrogens is 350 g/mol. The maximum atomic E-state index is 4.86. The van der Waals surface area contributed by atoms with E-state index in [4.69, 9.17) is 4.98 Å². The van der Waals surface area contributed by atoms with Gasteiger partial charge in [-0.2, -0.15) is 10.2 Å². The van der Waals surface area contributed by atoms with Gasteiger partial charge < -0.3 is 10.2 Å². The molecule has 3 heterocycles. The summed E-state index contributed by atoms with van der Waals surface area (Å²) in [4.78, 5) is 7.18. The van der Waals surface area contributed by atoms with Crippen molar-refractivity contribution in [2.24, 2.45) is 5.92 Å². The van der Waals surface area contributed by atoms with Gasteiger partial charge in [0, 0.05) is 48.2 Å². The highest BCUT2D eigenvalue weighted by molar-refractivity contribution is 5.86. The molecule has 0 bridgehead atoms. The summed E-state index contributed by atoms with van der Waals surface area (Å²) in [6.07, 6.45) is 5.45. The number of aromatic nitrogens is 5. The van der Waals surface area contributed by atoms with Crippen LogP contribution in [-0.4, -0.2) is 51.1 Å². The maximum absolute atomic E-state index is 4.86. The predicted octanol–water partition coefficient (Wildman–Crippen LogP) is 3.12. The van der Waals surface area contributed by atoms with E-state index in [-0.39, 0.29) is 0 Å². The number of hydrogen-bond donors (Lipinski definition) is 2. The quantitative estimate of drug-likeness (QED) is 0.711. The summed E-state index contributed by atoms with van der Waals surface area (Å²) in [5, 5.41) is 21.0. The summed E-state index contributed by atoms with van der Waals surface area (Å²) < 4.78 is 0. The molecule has 7 nitrogen and oxygen atoms in total. The number of anilines is 1. The molecule has 5 rings (SSSR count). The number of nitrogens with zero attached hydrogens (tertiary/aromatic N) is 5. The third-order valence-corrected chi connectivity index (χ3v) is 5.71. The normalized spacial score (nSPS) is 20.2. The summed E-state index contributed by atoms with van der Waals surface area (Å²) in [6, 6.07) is 6.75. The second-order valence-corrected chi connectivity index (χ2v) is 8.51. The number of aromatic amines is 1. The van der Waals surface area contributed by atoms with Crippen LogP contribution in [0.1, 0.15) is 44.7 Å². The van der Waals surface area contributed by atoms with E-state index in [1.807, 2.05) is 12.1 Å². The molecule has 2 aromatic heterocycles. The number of H-pyrrole nitrogens is 1. The standard InChI is InChI=1S/C21H27N7/c1-13(2)9-16-12-28(8-7-22-16)19-11-23-27-21(24-19)15-5-6-18-17(10-15)20(26-25-18)14-3-4-14/h5-6,10-11,13-14,16,22H,3-4,7-9,12H2,1-2H3,(H,25,26). The lowest BCUT2D eigenvalue weighted by Gasteiger charge is -2.35. The van der Waals surface area contributed by atoms with Crippen molar-refractivity contribution < 1.29 is 0 Å².